The SMILES string of the molecule is [SnH][C]1(c2ccncc2)CC1. The van der Waals surface area contributed by atoms with Crippen molar-refractivity contribution in [2.45, 2.75) is 16.3 Å². The van der Waals surface area contributed by atoms with Crippen molar-refractivity contribution in [1.29, 1.82) is 0 Å². The Kier molecular flexibility index (Phi) is 1.48. The second-order valence-electron chi connectivity index (χ2n) is 2.89. The van der Waals surface area contributed by atoms with Gasteiger partial charge in [0.05, 0.1) is 0 Å². The van der Waals surface area contributed by atoms with Crippen molar-refractivity contribution >= 4 is 22.5 Å². The molecule has 1 nitrogen and oxygen atoms in total. The van der Waals surface area contributed by atoms with Gasteiger partial charge in [-0.25, -0.2) is 0 Å². The number of aromatic nitrogens is 1. The second-order valence-corrected chi connectivity index (χ2v) is 6.05. The van der Waals surface area contributed by atoms with Gasteiger partial charge in [-0.05, 0) is 0 Å². The summed E-state index contributed by atoms with van der Waals surface area (Å²) in [7, 11) is 0. The molecule has 0 aromatic carbocycles. The second kappa shape index (κ2) is 2.22. The van der Waals surface area contributed by atoms with Gasteiger partial charge in [-0.15, -0.1) is 0 Å². The summed E-state index contributed by atoms with van der Waals surface area (Å²) in [4.78, 5) is 4.00. The molecule has 0 aliphatic heterocycles. The van der Waals surface area contributed by atoms with Crippen LogP contribution in [0.1, 0.15) is 18.4 Å². The molecule has 0 atom stereocenters. The Morgan fingerprint density at radius 3 is 2.40 bits per heavy atom. The van der Waals surface area contributed by atoms with Gasteiger partial charge in [0.2, 0.25) is 0 Å². The van der Waals surface area contributed by atoms with E-state index in [4.69, 9.17) is 0 Å². The van der Waals surface area contributed by atoms with Crippen molar-refractivity contribution in [3.63, 3.8) is 0 Å². The number of hydrogen-bond donors (Lipinski definition) is 0. The molecule has 2 radical (unpaired) electrons. The molecule has 0 spiro atoms. The van der Waals surface area contributed by atoms with Crippen LogP contribution in [0.15, 0.2) is 24.5 Å². The van der Waals surface area contributed by atoms with Crippen LogP contribution < -0.4 is 0 Å². The molecule has 2 rings (SSSR count). The van der Waals surface area contributed by atoms with Crippen LogP contribution in [0.5, 0.6) is 0 Å². The van der Waals surface area contributed by atoms with E-state index < -0.39 is 0 Å². The first-order valence-electron chi connectivity index (χ1n) is 3.51. The predicted octanol–water partition coefficient (Wildman–Crippen LogP) is 0.971. The Morgan fingerprint density at radius 1 is 1.30 bits per heavy atom. The van der Waals surface area contributed by atoms with Gasteiger partial charge < -0.3 is 0 Å². The van der Waals surface area contributed by atoms with E-state index in [2.05, 4.69) is 17.1 Å². The van der Waals surface area contributed by atoms with E-state index in [-0.39, 0.29) is 0 Å². The van der Waals surface area contributed by atoms with Gasteiger partial charge >= 0.3 is 73.9 Å². The molecular formula is C8H9NSn. The van der Waals surface area contributed by atoms with Crippen molar-refractivity contribution in [1.82, 2.24) is 4.98 Å². The van der Waals surface area contributed by atoms with Crippen LogP contribution in [-0.2, 0) is 3.43 Å². The van der Waals surface area contributed by atoms with Crippen LogP contribution in [0, 0.1) is 0 Å². The molecule has 1 aromatic heterocycles. The van der Waals surface area contributed by atoms with Crippen LogP contribution in [0.3, 0.4) is 0 Å². The zero-order valence-corrected chi connectivity index (χ0v) is 9.04. The molecule has 1 aromatic rings. The fraction of sp³-hybridized carbons (Fsp3) is 0.375. The first kappa shape index (κ1) is 6.65. The van der Waals surface area contributed by atoms with E-state index in [9.17, 15) is 0 Å². The molecule has 1 heterocycles. The Bertz CT molecular complexity index is 228. The van der Waals surface area contributed by atoms with Crippen molar-refractivity contribution < 1.29 is 0 Å². The third-order valence-corrected chi connectivity index (χ3v) is 4.64. The zero-order valence-electron chi connectivity index (χ0n) is 5.75. The first-order valence-corrected chi connectivity index (χ1v) is 5.15. The molecule has 1 aliphatic rings. The monoisotopic (exact) mass is 239 g/mol. The molecule has 2 heteroatoms. The molecule has 0 amide bonds. The third kappa shape index (κ3) is 1.07. The summed E-state index contributed by atoms with van der Waals surface area (Å²) in [6.45, 7) is 0. The molecule has 1 saturated carbocycles. The summed E-state index contributed by atoms with van der Waals surface area (Å²) < 4.78 is 0.633. The van der Waals surface area contributed by atoms with Crippen LogP contribution in [0.2, 0.25) is 0 Å². The summed E-state index contributed by atoms with van der Waals surface area (Å²) in [5.41, 5.74) is 1.50. The van der Waals surface area contributed by atoms with Crippen molar-refractivity contribution in [2.24, 2.45) is 0 Å². The standard InChI is InChI=1S/C8H8N.Sn.H/c1-2-7(1)8-3-5-9-6-4-8;;/h3-6H,1-2H2;;. The van der Waals surface area contributed by atoms with E-state index in [0.717, 1.165) is 0 Å². The van der Waals surface area contributed by atoms with Crippen LogP contribution in [0.4, 0.5) is 0 Å². The molecule has 0 saturated heterocycles. The molecule has 0 bridgehead atoms. The van der Waals surface area contributed by atoms with Crippen molar-refractivity contribution in [3.8, 4) is 0 Å². The Hall–Kier alpha value is -0.0513. The molecule has 1 aliphatic carbocycles. The van der Waals surface area contributed by atoms with E-state index in [1.165, 1.54) is 40.9 Å². The fourth-order valence-corrected chi connectivity index (χ4v) is 2.07. The summed E-state index contributed by atoms with van der Waals surface area (Å²) in [6, 6.07) is 4.30. The Balaban J connectivity index is 2.35. The van der Waals surface area contributed by atoms with Gasteiger partial charge in [-0.1, -0.05) is 0 Å². The van der Waals surface area contributed by atoms with Gasteiger partial charge in [-0.3, -0.25) is 0 Å². The normalized spacial score (nSPS) is 20.5. The van der Waals surface area contributed by atoms with Crippen molar-refractivity contribution in [3.05, 3.63) is 30.1 Å². The fourth-order valence-electron chi connectivity index (χ4n) is 1.11. The molecule has 0 unspecified atom stereocenters. The van der Waals surface area contributed by atoms with E-state index in [1.54, 1.807) is 0 Å². The summed E-state index contributed by atoms with van der Waals surface area (Å²) in [5, 5.41) is 0. The molecule has 50 valence electrons. The topological polar surface area (TPSA) is 12.9 Å². The quantitative estimate of drug-likeness (QED) is 0.664. The number of nitrogens with zero attached hydrogens (tertiary/aromatic N) is 1. The molecule has 1 fully saturated rings. The summed E-state index contributed by atoms with van der Waals surface area (Å²) >= 11 is 1.36. The minimum absolute atomic E-state index is 0.633. The van der Waals surface area contributed by atoms with E-state index in [0.29, 0.717) is 3.43 Å². The number of pyridine rings is 1. The molecule has 10 heavy (non-hydrogen) atoms. The van der Waals surface area contributed by atoms with Gasteiger partial charge in [-0.2, -0.15) is 0 Å². The van der Waals surface area contributed by atoms with Crippen LogP contribution in [-0.4, -0.2) is 27.5 Å². The van der Waals surface area contributed by atoms with Crippen LogP contribution >= 0.6 is 0 Å². The average molecular weight is 238 g/mol. The Labute approximate surface area is 73.9 Å². The van der Waals surface area contributed by atoms with Crippen molar-refractivity contribution in [2.75, 3.05) is 0 Å². The zero-order chi connectivity index (χ0) is 7.03. The maximum absolute atomic E-state index is 4.00. The van der Waals surface area contributed by atoms with Gasteiger partial charge in [0.1, 0.15) is 0 Å². The first-order chi connectivity index (χ1) is 4.81. The summed E-state index contributed by atoms with van der Waals surface area (Å²) in [5.74, 6) is 0. The number of rotatable bonds is 1. The van der Waals surface area contributed by atoms with Gasteiger partial charge in [0.15, 0.2) is 0 Å². The third-order valence-electron chi connectivity index (χ3n) is 2.04. The molecule has 0 N–H and O–H groups in total. The van der Waals surface area contributed by atoms with Gasteiger partial charge in [0.25, 0.3) is 0 Å². The van der Waals surface area contributed by atoms with E-state index >= 15 is 0 Å². The Morgan fingerprint density at radius 2 is 1.90 bits per heavy atom. The summed E-state index contributed by atoms with van der Waals surface area (Å²) in [6.07, 6.45) is 6.59. The van der Waals surface area contributed by atoms with E-state index in [1.807, 2.05) is 12.4 Å². The minimum atomic E-state index is 0.633. The maximum atomic E-state index is 4.00. The van der Waals surface area contributed by atoms with Crippen LogP contribution in [0.25, 0.3) is 0 Å². The van der Waals surface area contributed by atoms with Gasteiger partial charge in [0, 0.05) is 0 Å². The predicted molar refractivity (Wildman–Crippen MR) is 42.3 cm³/mol. The number of hydrogen-bond acceptors (Lipinski definition) is 1. The molecular weight excluding hydrogens is 229 g/mol. The average Bonchev–Trinajstić information content (AvgIpc) is 2.72.